The Morgan fingerprint density at radius 3 is 2.65 bits per heavy atom. The summed E-state index contributed by atoms with van der Waals surface area (Å²) in [6, 6.07) is 3.85. The first-order chi connectivity index (χ1) is 8.02. The monoisotopic (exact) mass is 236 g/mol. The minimum Gasteiger partial charge on any atom is -0.507 e. The first kappa shape index (κ1) is 11.0. The van der Waals surface area contributed by atoms with Crippen molar-refractivity contribution in [3.05, 3.63) is 34.4 Å². The first-order valence-corrected chi connectivity index (χ1v) is 4.61. The molecule has 6 nitrogen and oxygen atoms in total. The lowest BCUT2D eigenvalue weighted by atomic mass is 10.1. The Kier molecular flexibility index (Phi) is 2.47. The summed E-state index contributed by atoms with van der Waals surface area (Å²) in [5.74, 6) is -1.84. The number of carbonyl (C=O) groups is 1. The predicted molar refractivity (Wildman–Crippen MR) is 57.7 cm³/mol. The highest BCUT2D eigenvalue weighted by Crippen LogP contribution is 2.28. The second-order valence-electron chi connectivity index (χ2n) is 3.31. The Morgan fingerprint density at radius 2 is 2.06 bits per heavy atom. The van der Waals surface area contributed by atoms with Gasteiger partial charge in [0.2, 0.25) is 5.76 Å². The molecule has 2 aromatic rings. The molecule has 0 fully saturated rings. The van der Waals surface area contributed by atoms with E-state index in [0.717, 1.165) is 6.07 Å². The van der Waals surface area contributed by atoms with Gasteiger partial charge in [0.15, 0.2) is 0 Å². The minimum absolute atomic E-state index is 0.0733. The average molecular weight is 236 g/mol. The lowest BCUT2D eigenvalue weighted by Gasteiger charge is -2.04. The zero-order chi connectivity index (χ0) is 12.6. The molecule has 2 rings (SSSR count). The average Bonchev–Trinajstić information content (AvgIpc) is 2.27. The fourth-order valence-electron chi connectivity index (χ4n) is 1.50. The number of aromatic carboxylic acids is 1. The van der Waals surface area contributed by atoms with Crippen LogP contribution in [0.4, 0.5) is 0 Å². The number of fused-ring (bicyclic) bond motifs is 1. The largest absolute Gasteiger partial charge is 0.507 e. The lowest BCUT2D eigenvalue weighted by molar-refractivity contribution is 0.0657. The summed E-state index contributed by atoms with van der Waals surface area (Å²) in [5.41, 5.74) is -0.903. The summed E-state index contributed by atoms with van der Waals surface area (Å²) in [5, 5.41) is 18.5. The van der Waals surface area contributed by atoms with Gasteiger partial charge in [-0.05, 0) is 12.1 Å². The Hall–Kier alpha value is -2.50. The minimum atomic E-state index is -1.36. The number of benzene rings is 1. The summed E-state index contributed by atoms with van der Waals surface area (Å²) >= 11 is 0. The fourth-order valence-corrected chi connectivity index (χ4v) is 1.50. The quantitative estimate of drug-likeness (QED) is 0.813. The van der Waals surface area contributed by atoms with Crippen LogP contribution in [-0.4, -0.2) is 23.3 Å². The van der Waals surface area contributed by atoms with Crippen LogP contribution in [0.1, 0.15) is 10.6 Å². The highest BCUT2D eigenvalue weighted by atomic mass is 16.5. The van der Waals surface area contributed by atoms with E-state index in [9.17, 15) is 14.7 Å². The van der Waals surface area contributed by atoms with Gasteiger partial charge in [0.1, 0.15) is 16.9 Å². The Labute approximate surface area is 94.7 Å². The lowest BCUT2D eigenvalue weighted by Crippen LogP contribution is -2.06. The first-order valence-electron chi connectivity index (χ1n) is 4.61. The van der Waals surface area contributed by atoms with E-state index in [1.54, 1.807) is 0 Å². The standard InChI is InChI=1S/C11H8O6/c1-16-6-2-5-3-8(10(13)14)17-11(15)9(5)7(12)4-6/h2-4,12H,1H3,(H,13,14). The van der Waals surface area contributed by atoms with Gasteiger partial charge in [-0.2, -0.15) is 0 Å². The molecule has 0 spiro atoms. The molecule has 6 heteroatoms. The summed E-state index contributed by atoms with van der Waals surface area (Å²) < 4.78 is 9.45. The van der Waals surface area contributed by atoms with Crippen molar-refractivity contribution in [2.45, 2.75) is 0 Å². The Bertz CT molecular complexity index is 655. The number of ether oxygens (including phenoxy) is 1. The number of methoxy groups -OCH3 is 1. The maximum absolute atomic E-state index is 11.5. The molecule has 0 aliphatic heterocycles. The third kappa shape index (κ3) is 1.80. The summed E-state index contributed by atoms with van der Waals surface area (Å²) in [4.78, 5) is 22.2. The molecule has 0 radical (unpaired) electrons. The van der Waals surface area contributed by atoms with E-state index in [0.29, 0.717) is 5.75 Å². The number of phenols is 1. The predicted octanol–water partition coefficient (Wildman–Crippen LogP) is 1.21. The van der Waals surface area contributed by atoms with E-state index in [-0.39, 0.29) is 16.5 Å². The number of carboxylic acid groups (broad SMARTS) is 1. The molecule has 0 amide bonds. The van der Waals surface area contributed by atoms with Gasteiger partial charge < -0.3 is 19.4 Å². The van der Waals surface area contributed by atoms with Crippen LogP contribution < -0.4 is 10.4 Å². The maximum Gasteiger partial charge on any atom is 0.371 e. The molecule has 0 bridgehead atoms. The number of carboxylic acids is 1. The summed E-state index contributed by atoms with van der Waals surface area (Å²) in [7, 11) is 1.39. The summed E-state index contributed by atoms with van der Waals surface area (Å²) in [6.07, 6.45) is 0. The second-order valence-corrected chi connectivity index (χ2v) is 3.31. The van der Waals surface area contributed by atoms with E-state index in [2.05, 4.69) is 4.42 Å². The Morgan fingerprint density at radius 1 is 1.35 bits per heavy atom. The Balaban J connectivity index is 2.87. The van der Waals surface area contributed by atoms with Crippen LogP contribution in [0.25, 0.3) is 10.8 Å². The van der Waals surface area contributed by atoms with Crippen molar-refractivity contribution in [2.75, 3.05) is 7.11 Å². The fraction of sp³-hybridized carbons (Fsp3) is 0.0909. The molecule has 0 aliphatic carbocycles. The normalized spacial score (nSPS) is 10.4. The van der Waals surface area contributed by atoms with Crippen LogP contribution >= 0.6 is 0 Å². The third-order valence-corrected chi connectivity index (χ3v) is 2.26. The highest BCUT2D eigenvalue weighted by Gasteiger charge is 2.14. The number of aromatic hydroxyl groups is 1. The van der Waals surface area contributed by atoms with Crippen molar-refractivity contribution in [1.82, 2.24) is 0 Å². The maximum atomic E-state index is 11.5. The molecule has 0 saturated heterocycles. The van der Waals surface area contributed by atoms with Gasteiger partial charge in [-0.15, -0.1) is 0 Å². The highest BCUT2D eigenvalue weighted by molar-refractivity contribution is 5.93. The second kappa shape index (κ2) is 3.82. The van der Waals surface area contributed by atoms with Crippen molar-refractivity contribution in [3.8, 4) is 11.5 Å². The zero-order valence-electron chi connectivity index (χ0n) is 8.76. The van der Waals surface area contributed by atoms with E-state index >= 15 is 0 Å². The molecule has 2 N–H and O–H groups in total. The van der Waals surface area contributed by atoms with E-state index in [1.807, 2.05) is 0 Å². The topological polar surface area (TPSA) is 97.0 Å². The van der Waals surface area contributed by atoms with Crippen LogP contribution in [0.15, 0.2) is 27.4 Å². The number of rotatable bonds is 2. The van der Waals surface area contributed by atoms with Crippen molar-refractivity contribution in [1.29, 1.82) is 0 Å². The van der Waals surface area contributed by atoms with Crippen LogP contribution in [-0.2, 0) is 0 Å². The molecule has 88 valence electrons. The van der Waals surface area contributed by atoms with Gasteiger partial charge in [0, 0.05) is 11.5 Å². The number of hydrogen-bond donors (Lipinski definition) is 2. The van der Waals surface area contributed by atoms with Gasteiger partial charge in [-0.3, -0.25) is 0 Å². The smallest absolute Gasteiger partial charge is 0.371 e. The van der Waals surface area contributed by atoms with Crippen molar-refractivity contribution in [2.24, 2.45) is 0 Å². The van der Waals surface area contributed by atoms with E-state index in [1.165, 1.54) is 19.2 Å². The van der Waals surface area contributed by atoms with Crippen molar-refractivity contribution in [3.63, 3.8) is 0 Å². The molecule has 1 heterocycles. The zero-order valence-corrected chi connectivity index (χ0v) is 8.76. The SMILES string of the molecule is COc1cc(O)c2c(=O)oc(C(=O)O)cc2c1. The van der Waals surface area contributed by atoms with Gasteiger partial charge in [-0.25, -0.2) is 9.59 Å². The van der Waals surface area contributed by atoms with Crippen molar-refractivity contribution < 1.29 is 24.2 Å². The molecule has 0 saturated carbocycles. The molecule has 17 heavy (non-hydrogen) atoms. The number of hydrogen-bond acceptors (Lipinski definition) is 5. The van der Waals surface area contributed by atoms with E-state index in [4.69, 9.17) is 9.84 Å². The van der Waals surface area contributed by atoms with Gasteiger partial charge in [-0.1, -0.05) is 0 Å². The van der Waals surface area contributed by atoms with Gasteiger partial charge in [0.05, 0.1) is 7.11 Å². The number of phenolic OH excluding ortho intramolecular Hbond substituents is 1. The van der Waals surface area contributed by atoms with E-state index < -0.39 is 17.4 Å². The van der Waals surface area contributed by atoms with Crippen molar-refractivity contribution >= 4 is 16.7 Å². The molecule has 0 atom stereocenters. The molecular formula is C11H8O6. The van der Waals surface area contributed by atoms with Crippen LogP contribution in [0.3, 0.4) is 0 Å². The molecule has 0 aliphatic rings. The van der Waals surface area contributed by atoms with Crippen LogP contribution in [0, 0.1) is 0 Å². The molecular weight excluding hydrogens is 228 g/mol. The van der Waals surface area contributed by atoms with Crippen LogP contribution in [0.5, 0.6) is 11.5 Å². The summed E-state index contributed by atoms with van der Waals surface area (Å²) in [6.45, 7) is 0. The molecule has 0 unspecified atom stereocenters. The molecule has 1 aromatic carbocycles. The van der Waals surface area contributed by atoms with Gasteiger partial charge in [0.25, 0.3) is 0 Å². The van der Waals surface area contributed by atoms with Crippen LogP contribution in [0.2, 0.25) is 0 Å². The third-order valence-electron chi connectivity index (χ3n) is 2.26. The molecule has 1 aromatic heterocycles. The van der Waals surface area contributed by atoms with Gasteiger partial charge >= 0.3 is 11.6 Å².